The normalized spacial score (nSPS) is 12.7. The monoisotopic (exact) mass is 197 g/mol. The van der Waals surface area contributed by atoms with E-state index in [0.29, 0.717) is 5.82 Å². The van der Waals surface area contributed by atoms with Gasteiger partial charge in [0.05, 0.1) is 5.72 Å². The Labute approximate surface area is 91.1 Å². The largest absolute Gasteiger partial charge is 0.234 e. The predicted octanol–water partition coefficient (Wildman–Crippen LogP) is 1.20. The summed E-state index contributed by atoms with van der Waals surface area (Å²) in [7, 11) is 5.50. The van der Waals surface area contributed by atoms with E-state index in [2.05, 4.69) is 21.5 Å². The molecule has 0 aliphatic heterocycles. The Morgan fingerprint density at radius 2 is 2.20 bits per heavy atom. The maximum absolute atomic E-state index is 5.50. The lowest BCUT2D eigenvalue weighted by Crippen LogP contribution is -2.15. The highest BCUT2D eigenvalue weighted by atomic mass is 15.0. The molecule has 3 nitrogen and oxygen atoms in total. The molecule has 1 aromatic rings. The molecule has 0 aromatic carbocycles. The van der Waals surface area contributed by atoms with Crippen molar-refractivity contribution >= 4 is 19.1 Å². The van der Waals surface area contributed by atoms with Crippen molar-refractivity contribution in [1.82, 2.24) is 15.0 Å². The van der Waals surface area contributed by atoms with Gasteiger partial charge in [-0.2, -0.15) is 0 Å². The molecule has 0 aliphatic carbocycles. The first-order valence-corrected chi connectivity index (χ1v) is 4.60. The molecule has 4 heteroatoms. The van der Waals surface area contributed by atoms with Crippen molar-refractivity contribution in [3.63, 3.8) is 0 Å². The standard InChI is InChI=1S/C11H12BN3/c1-4-6-9(8(3)5-2)10-13-7-14-11(12)15-10/h4-7H,2H2,1,3H3/b6-4-,9-8+. The maximum Gasteiger partial charge on any atom is 0.170 e. The van der Waals surface area contributed by atoms with Gasteiger partial charge in [-0.05, 0) is 19.4 Å². The molecule has 0 unspecified atom stereocenters. The summed E-state index contributed by atoms with van der Waals surface area (Å²) in [6.45, 7) is 7.60. The molecule has 0 N–H and O–H groups in total. The molecule has 1 rings (SSSR count). The van der Waals surface area contributed by atoms with Crippen molar-refractivity contribution in [2.75, 3.05) is 0 Å². The lowest BCUT2D eigenvalue weighted by Gasteiger charge is -2.04. The molecule has 0 fully saturated rings. The predicted molar refractivity (Wildman–Crippen MR) is 62.8 cm³/mol. The second-order valence-electron chi connectivity index (χ2n) is 2.97. The fraction of sp³-hybridized carbons (Fsp3) is 0.182. The van der Waals surface area contributed by atoms with Crippen LogP contribution in [0.5, 0.6) is 0 Å². The number of allylic oxidation sites excluding steroid dienone is 5. The van der Waals surface area contributed by atoms with Gasteiger partial charge in [0.1, 0.15) is 6.33 Å². The summed E-state index contributed by atoms with van der Waals surface area (Å²) in [5.41, 5.74) is 2.12. The van der Waals surface area contributed by atoms with E-state index < -0.39 is 0 Å². The van der Waals surface area contributed by atoms with Gasteiger partial charge in [0.15, 0.2) is 13.7 Å². The van der Waals surface area contributed by atoms with Crippen molar-refractivity contribution < 1.29 is 0 Å². The van der Waals surface area contributed by atoms with Crippen LogP contribution in [0.1, 0.15) is 19.7 Å². The van der Waals surface area contributed by atoms with E-state index >= 15 is 0 Å². The first-order valence-electron chi connectivity index (χ1n) is 4.60. The molecule has 0 bridgehead atoms. The van der Waals surface area contributed by atoms with Crippen molar-refractivity contribution in [3.05, 3.63) is 42.5 Å². The van der Waals surface area contributed by atoms with Gasteiger partial charge in [0.25, 0.3) is 0 Å². The summed E-state index contributed by atoms with van der Waals surface area (Å²) < 4.78 is 0. The Hall–Kier alpha value is -1.71. The second kappa shape index (κ2) is 5.24. The highest BCUT2D eigenvalue weighted by molar-refractivity contribution is 6.28. The zero-order valence-electron chi connectivity index (χ0n) is 8.94. The second-order valence-corrected chi connectivity index (χ2v) is 2.97. The van der Waals surface area contributed by atoms with Crippen molar-refractivity contribution in [3.8, 4) is 0 Å². The van der Waals surface area contributed by atoms with E-state index in [4.69, 9.17) is 7.85 Å². The summed E-state index contributed by atoms with van der Waals surface area (Å²) in [4.78, 5) is 11.9. The van der Waals surface area contributed by atoms with Crippen molar-refractivity contribution in [2.45, 2.75) is 13.8 Å². The Morgan fingerprint density at radius 1 is 1.47 bits per heavy atom. The van der Waals surface area contributed by atoms with Gasteiger partial charge < -0.3 is 0 Å². The number of rotatable bonds is 3. The van der Waals surface area contributed by atoms with E-state index in [1.54, 1.807) is 6.08 Å². The average molecular weight is 197 g/mol. The van der Waals surface area contributed by atoms with Crippen LogP contribution >= 0.6 is 0 Å². The third kappa shape index (κ3) is 2.87. The summed E-state index contributed by atoms with van der Waals surface area (Å²) in [5.74, 6) is 0.568. The van der Waals surface area contributed by atoms with E-state index in [-0.39, 0.29) is 5.72 Å². The van der Waals surface area contributed by atoms with Gasteiger partial charge >= 0.3 is 0 Å². The lowest BCUT2D eigenvalue weighted by molar-refractivity contribution is 1.05. The molecule has 15 heavy (non-hydrogen) atoms. The minimum atomic E-state index is 0.221. The zero-order valence-corrected chi connectivity index (χ0v) is 8.94. The van der Waals surface area contributed by atoms with Gasteiger partial charge in [0.2, 0.25) is 0 Å². The Morgan fingerprint density at radius 3 is 2.73 bits per heavy atom. The van der Waals surface area contributed by atoms with Crippen LogP contribution in [0.4, 0.5) is 0 Å². The van der Waals surface area contributed by atoms with Gasteiger partial charge in [-0.15, -0.1) is 0 Å². The highest BCUT2D eigenvalue weighted by Gasteiger charge is 2.04. The zero-order chi connectivity index (χ0) is 11.3. The fourth-order valence-electron chi connectivity index (χ4n) is 1.10. The minimum absolute atomic E-state index is 0.221. The SMILES string of the molecule is [B]c1ncnc(C(/C=C\C)=C(\C)C=C)n1. The Kier molecular flexibility index (Phi) is 3.97. The third-order valence-corrected chi connectivity index (χ3v) is 1.90. The van der Waals surface area contributed by atoms with E-state index in [0.717, 1.165) is 11.1 Å². The van der Waals surface area contributed by atoms with Crippen LogP contribution < -0.4 is 5.72 Å². The molecule has 1 heterocycles. The van der Waals surface area contributed by atoms with Gasteiger partial charge in [-0.3, -0.25) is 0 Å². The average Bonchev–Trinajstić information content (AvgIpc) is 2.25. The van der Waals surface area contributed by atoms with E-state index in [1.165, 1.54) is 6.33 Å². The Bertz CT molecular complexity index is 422. The van der Waals surface area contributed by atoms with E-state index in [9.17, 15) is 0 Å². The van der Waals surface area contributed by atoms with Crippen LogP contribution in [-0.2, 0) is 0 Å². The number of nitrogens with zero attached hydrogens (tertiary/aromatic N) is 3. The van der Waals surface area contributed by atoms with Crippen LogP contribution in [0, 0.1) is 0 Å². The lowest BCUT2D eigenvalue weighted by atomic mass is 10.1. The van der Waals surface area contributed by atoms with Crippen molar-refractivity contribution in [1.29, 1.82) is 0 Å². The van der Waals surface area contributed by atoms with Crippen LogP contribution in [-0.4, -0.2) is 22.8 Å². The van der Waals surface area contributed by atoms with Gasteiger partial charge in [0, 0.05) is 5.57 Å². The van der Waals surface area contributed by atoms with Crippen LogP contribution in [0.25, 0.3) is 5.57 Å². The molecular formula is C11H12BN3. The van der Waals surface area contributed by atoms with Crippen LogP contribution in [0.3, 0.4) is 0 Å². The fourth-order valence-corrected chi connectivity index (χ4v) is 1.10. The Balaban J connectivity index is 3.28. The summed E-state index contributed by atoms with van der Waals surface area (Å²) in [5, 5.41) is 0. The number of aromatic nitrogens is 3. The number of hydrogen-bond acceptors (Lipinski definition) is 3. The van der Waals surface area contributed by atoms with Crippen LogP contribution in [0.15, 0.2) is 36.7 Å². The topological polar surface area (TPSA) is 38.7 Å². The maximum atomic E-state index is 5.50. The molecule has 0 spiro atoms. The quantitative estimate of drug-likeness (QED) is 0.539. The molecule has 74 valence electrons. The van der Waals surface area contributed by atoms with Crippen LogP contribution in [0.2, 0.25) is 0 Å². The molecule has 0 saturated carbocycles. The highest BCUT2D eigenvalue weighted by Crippen LogP contribution is 2.15. The molecule has 0 atom stereocenters. The smallest absolute Gasteiger partial charge is 0.170 e. The number of hydrogen-bond donors (Lipinski definition) is 0. The molecule has 1 aromatic heterocycles. The van der Waals surface area contributed by atoms with Gasteiger partial charge in [-0.25, -0.2) is 15.0 Å². The van der Waals surface area contributed by atoms with Gasteiger partial charge in [-0.1, -0.05) is 24.8 Å². The van der Waals surface area contributed by atoms with E-state index in [1.807, 2.05) is 26.0 Å². The summed E-state index contributed by atoms with van der Waals surface area (Å²) in [6.07, 6.45) is 7.00. The molecule has 0 amide bonds. The molecule has 0 saturated heterocycles. The molecule has 2 radical (unpaired) electrons. The first kappa shape index (κ1) is 11.4. The molecular weight excluding hydrogens is 185 g/mol. The van der Waals surface area contributed by atoms with Crippen molar-refractivity contribution in [2.24, 2.45) is 0 Å². The third-order valence-electron chi connectivity index (χ3n) is 1.90. The summed E-state index contributed by atoms with van der Waals surface area (Å²) >= 11 is 0. The minimum Gasteiger partial charge on any atom is -0.234 e. The molecule has 0 aliphatic rings. The first-order chi connectivity index (χ1) is 7.19. The summed E-state index contributed by atoms with van der Waals surface area (Å²) in [6, 6.07) is 0.